The first-order valence-electron chi connectivity index (χ1n) is 6.47. The number of aromatic nitrogens is 3. The molecule has 0 N–H and O–H groups in total. The average molecular weight is 267 g/mol. The zero-order valence-corrected chi connectivity index (χ0v) is 12.0. The molecular weight excluding hydrogens is 250 g/mol. The summed E-state index contributed by atoms with van der Waals surface area (Å²) in [5.74, 6) is 0.643. The lowest BCUT2D eigenvalue weighted by atomic mass is 10.1. The Balaban J connectivity index is 2.16. The van der Waals surface area contributed by atoms with Gasteiger partial charge in [-0.3, -0.25) is 4.98 Å². The third-order valence-electron chi connectivity index (χ3n) is 3.39. The van der Waals surface area contributed by atoms with Crippen molar-refractivity contribution in [3.05, 3.63) is 46.9 Å². The summed E-state index contributed by atoms with van der Waals surface area (Å²) in [5, 5.41) is 17.6. The number of likely N-dealkylation sites (N-methyl/N-ethyl adjacent to an activating group) is 1. The van der Waals surface area contributed by atoms with Gasteiger partial charge in [-0.2, -0.15) is 10.4 Å². The van der Waals surface area contributed by atoms with E-state index >= 15 is 0 Å². The normalized spacial score (nSPS) is 10.1. The Labute approximate surface area is 118 Å². The summed E-state index contributed by atoms with van der Waals surface area (Å²) in [6.45, 7) is 4.54. The second-order valence-electron chi connectivity index (χ2n) is 4.75. The Hall–Kier alpha value is -2.48. The zero-order chi connectivity index (χ0) is 14.5. The monoisotopic (exact) mass is 267 g/mol. The quantitative estimate of drug-likeness (QED) is 0.848. The summed E-state index contributed by atoms with van der Waals surface area (Å²) in [4.78, 5) is 5.97. The van der Waals surface area contributed by atoms with Crippen LogP contribution in [0.1, 0.15) is 22.4 Å². The molecule has 20 heavy (non-hydrogen) atoms. The number of aryl methyl sites for hydroxylation is 1. The van der Waals surface area contributed by atoms with Crippen LogP contribution in [0.4, 0.5) is 5.82 Å². The highest BCUT2D eigenvalue weighted by molar-refractivity contribution is 5.57. The van der Waals surface area contributed by atoms with Gasteiger partial charge in [0.25, 0.3) is 0 Å². The van der Waals surface area contributed by atoms with Gasteiger partial charge < -0.3 is 4.90 Å². The lowest BCUT2D eigenvalue weighted by Gasteiger charge is -2.19. The van der Waals surface area contributed by atoms with Crippen LogP contribution in [0, 0.1) is 25.2 Å². The first-order valence-corrected chi connectivity index (χ1v) is 6.47. The molecule has 0 aliphatic rings. The van der Waals surface area contributed by atoms with Crippen molar-refractivity contribution in [1.29, 1.82) is 5.26 Å². The Morgan fingerprint density at radius 3 is 2.55 bits per heavy atom. The van der Waals surface area contributed by atoms with Crippen LogP contribution in [0.2, 0.25) is 0 Å². The molecule has 0 unspecified atom stereocenters. The van der Waals surface area contributed by atoms with E-state index < -0.39 is 0 Å². The van der Waals surface area contributed by atoms with E-state index in [2.05, 4.69) is 21.3 Å². The zero-order valence-electron chi connectivity index (χ0n) is 12.0. The van der Waals surface area contributed by atoms with Gasteiger partial charge in [-0.1, -0.05) is 0 Å². The summed E-state index contributed by atoms with van der Waals surface area (Å²) in [5.41, 5.74) is 3.51. The van der Waals surface area contributed by atoms with Gasteiger partial charge in [0.2, 0.25) is 0 Å². The van der Waals surface area contributed by atoms with Gasteiger partial charge >= 0.3 is 0 Å². The molecule has 0 bridgehead atoms. The maximum Gasteiger partial charge on any atom is 0.169 e. The number of rotatable bonds is 4. The molecule has 0 fully saturated rings. The van der Waals surface area contributed by atoms with Crippen molar-refractivity contribution in [2.75, 3.05) is 18.5 Å². The standard InChI is InChI=1S/C15H17N5/c1-11-12(2)18-19-15(14(11)10-16)20(3)9-6-13-4-7-17-8-5-13/h4-5,7-8H,6,9H2,1-3H3. The first-order chi connectivity index (χ1) is 9.63. The van der Waals surface area contributed by atoms with Crippen molar-refractivity contribution in [3.8, 4) is 6.07 Å². The van der Waals surface area contributed by atoms with Crippen LogP contribution in [-0.4, -0.2) is 28.8 Å². The van der Waals surface area contributed by atoms with Gasteiger partial charge in [0.1, 0.15) is 11.6 Å². The number of pyridine rings is 1. The fraction of sp³-hybridized carbons (Fsp3) is 0.333. The van der Waals surface area contributed by atoms with Crippen LogP contribution in [-0.2, 0) is 6.42 Å². The van der Waals surface area contributed by atoms with Crippen molar-refractivity contribution in [1.82, 2.24) is 15.2 Å². The van der Waals surface area contributed by atoms with Crippen molar-refractivity contribution < 1.29 is 0 Å². The molecule has 2 heterocycles. The predicted octanol–water partition coefficient (Wildman–Crippen LogP) is 2.04. The maximum absolute atomic E-state index is 9.31. The van der Waals surface area contributed by atoms with Crippen LogP contribution >= 0.6 is 0 Å². The predicted molar refractivity (Wildman–Crippen MR) is 77.4 cm³/mol. The molecule has 2 aromatic heterocycles. The summed E-state index contributed by atoms with van der Waals surface area (Å²) in [6.07, 6.45) is 4.44. The lowest BCUT2D eigenvalue weighted by molar-refractivity contribution is 0.825. The van der Waals surface area contributed by atoms with Gasteiger partial charge in [0.05, 0.1) is 5.69 Å². The lowest BCUT2D eigenvalue weighted by Crippen LogP contribution is -2.23. The van der Waals surface area contributed by atoms with Crippen LogP contribution in [0.5, 0.6) is 0 Å². The third kappa shape index (κ3) is 2.91. The first kappa shape index (κ1) is 13.9. The van der Waals surface area contributed by atoms with Gasteiger partial charge in [-0.25, -0.2) is 0 Å². The number of hydrogen-bond acceptors (Lipinski definition) is 5. The van der Waals surface area contributed by atoms with E-state index in [0.29, 0.717) is 11.4 Å². The van der Waals surface area contributed by atoms with Crippen molar-refractivity contribution >= 4 is 5.82 Å². The minimum atomic E-state index is 0.606. The average Bonchev–Trinajstić information content (AvgIpc) is 2.48. The highest BCUT2D eigenvalue weighted by atomic mass is 15.2. The molecule has 5 nitrogen and oxygen atoms in total. The fourth-order valence-electron chi connectivity index (χ4n) is 1.95. The van der Waals surface area contributed by atoms with Gasteiger partial charge in [0, 0.05) is 26.0 Å². The smallest absolute Gasteiger partial charge is 0.169 e. The van der Waals surface area contributed by atoms with E-state index in [0.717, 1.165) is 24.2 Å². The highest BCUT2D eigenvalue weighted by Gasteiger charge is 2.14. The summed E-state index contributed by atoms with van der Waals surface area (Å²) in [7, 11) is 1.93. The molecule has 0 saturated heterocycles. The van der Waals surface area contributed by atoms with Crippen LogP contribution in [0.25, 0.3) is 0 Å². The third-order valence-corrected chi connectivity index (χ3v) is 3.39. The largest absolute Gasteiger partial charge is 0.357 e. The van der Waals surface area contributed by atoms with Crippen molar-refractivity contribution in [2.24, 2.45) is 0 Å². The Morgan fingerprint density at radius 2 is 1.90 bits per heavy atom. The molecule has 5 heteroatoms. The van der Waals surface area contributed by atoms with Crippen molar-refractivity contribution in [3.63, 3.8) is 0 Å². The Kier molecular flexibility index (Phi) is 4.26. The van der Waals surface area contributed by atoms with Gasteiger partial charge in [-0.05, 0) is 43.5 Å². The summed E-state index contributed by atoms with van der Waals surface area (Å²) >= 11 is 0. The number of hydrogen-bond donors (Lipinski definition) is 0. The molecule has 0 spiro atoms. The summed E-state index contributed by atoms with van der Waals surface area (Å²) in [6, 6.07) is 6.21. The molecule has 0 aromatic carbocycles. The molecule has 0 radical (unpaired) electrons. The molecule has 0 aliphatic heterocycles. The molecule has 2 aromatic rings. The van der Waals surface area contributed by atoms with E-state index in [-0.39, 0.29) is 0 Å². The molecule has 0 atom stereocenters. The van der Waals surface area contributed by atoms with E-state index in [1.807, 2.05) is 37.9 Å². The van der Waals surface area contributed by atoms with Gasteiger partial charge in [-0.15, -0.1) is 5.10 Å². The van der Waals surface area contributed by atoms with E-state index in [4.69, 9.17) is 0 Å². The van der Waals surface area contributed by atoms with Crippen LogP contribution in [0.15, 0.2) is 24.5 Å². The minimum absolute atomic E-state index is 0.606. The van der Waals surface area contributed by atoms with Crippen LogP contribution in [0.3, 0.4) is 0 Å². The molecular formula is C15H17N5. The van der Waals surface area contributed by atoms with Crippen LogP contribution < -0.4 is 4.90 Å². The molecule has 2 rings (SSSR count). The molecule has 0 aliphatic carbocycles. The second-order valence-corrected chi connectivity index (χ2v) is 4.75. The van der Waals surface area contributed by atoms with E-state index in [1.54, 1.807) is 12.4 Å². The number of anilines is 1. The molecule has 0 saturated carbocycles. The van der Waals surface area contributed by atoms with E-state index in [1.165, 1.54) is 5.56 Å². The number of nitriles is 1. The van der Waals surface area contributed by atoms with E-state index in [9.17, 15) is 5.26 Å². The summed E-state index contributed by atoms with van der Waals surface area (Å²) < 4.78 is 0. The Morgan fingerprint density at radius 1 is 1.20 bits per heavy atom. The topological polar surface area (TPSA) is 65.7 Å². The second kappa shape index (κ2) is 6.11. The number of nitrogens with zero attached hydrogens (tertiary/aromatic N) is 5. The minimum Gasteiger partial charge on any atom is -0.357 e. The SMILES string of the molecule is Cc1nnc(N(C)CCc2ccncc2)c(C#N)c1C. The fourth-order valence-corrected chi connectivity index (χ4v) is 1.95. The van der Waals surface area contributed by atoms with Crippen molar-refractivity contribution in [2.45, 2.75) is 20.3 Å². The highest BCUT2D eigenvalue weighted by Crippen LogP contribution is 2.20. The van der Waals surface area contributed by atoms with Gasteiger partial charge in [0.15, 0.2) is 5.82 Å². The maximum atomic E-state index is 9.31. The molecule has 102 valence electrons. The Bertz CT molecular complexity index is 631. The molecule has 0 amide bonds.